The zero-order valence-corrected chi connectivity index (χ0v) is 25.6. The number of benzene rings is 2. The molecule has 1 aromatic heterocycles. The summed E-state index contributed by atoms with van der Waals surface area (Å²) in [6.07, 6.45) is -6.07. The first kappa shape index (κ1) is 34.6. The average Bonchev–Trinajstić information content (AvgIpc) is 3.44. The van der Waals surface area contributed by atoms with Crippen LogP contribution in [-0.4, -0.2) is 66.7 Å². The van der Waals surface area contributed by atoms with E-state index in [-0.39, 0.29) is 21.2 Å². The fraction of sp³-hybridized carbons (Fsp3) is 0.370. The Hall–Kier alpha value is -4.87. The van der Waals surface area contributed by atoms with E-state index in [2.05, 4.69) is 15.2 Å². The minimum absolute atomic E-state index is 0.00888. The first-order valence-corrected chi connectivity index (χ1v) is 14.7. The average molecular weight is 657 g/mol. The molecule has 1 amide bonds. The molecule has 0 bridgehead atoms. The normalized spacial score (nSPS) is 12.9. The number of hydrogen-bond donors (Lipinski definition) is 1. The highest BCUT2D eigenvalue weighted by Gasteiger charge is 2.35. The van der Waals surface area contributed by atoms with E-state index in [1.165, 1.54) is 26.1 Å². The number of aryl methyl sites for hydroxylation is 1. The van der Waals surface area contributed by atoms with Crippen LogP contribution in [0.4, 0.5) is 18.0 Å². The van der Waals surface area contributed by atoms with Crippen LogP contribution in [0.3, 0.4) is 0 Å². The van der Waals surface area contributed by atoms with Crippen LogP contribution in [0.15, 0.2) is 64.8 Å². The highest BCUT2D eigenvalue weighted by atomic mass is 32.2. The van der Waals surface area contributed by atoms with E-state index in [0.29, 0.717) is 5.56 Å². The maximum absolute atomic E-state index is 13.5. The third kappa shape index (κ3) is 9.31. The molecule has 0 fully saturated rings. The summed E-state index contributed by atoms with van der Waals surface area (Å²) in [4.78, 5) is 27.8. The molecule has 2 aromatic carbocycles. The van der Waals surface area contributed by atoms with Gasteiger partial charge in [0.1, 0.15) is 12.6 Å². The van der Waals surface area contributed by atoms with Gasteiger partial charge in [-0.05, 0) is 44.2 Å². The van der Waals surface area contributed by atoms with Crippen molar-refractivity contribution in [3.05, 3.63) is 71.1 Å². The predicted octanol–water partition coefficient (Wildman–Crippen LogP) is 4.57. The lowest BCUT2D eigenvalue weighted by Crippen LogP contribution is -2.40. The fourth-order valence-electron chi connectivity index (χ4n) is 3.47. The molecule has 1 atom stereocenters. The Kier molecular flexibility index (Phi) is 11.0. The number of nitrogens with zero attached hydrogens (tertiary/aromatic N) is 5. The summed E-state index contributed by atoms with van der Waals surface area (Å²) in [6, 6.07) is 11.5. The van der Waals surface area contributed by atoms with Crippen LogP contribution < -0.4 is 4.72 Å². The Balaban J connectivity index is 1.64. The second kappa shape index (κ2) is 14.3. The maximum atomic E-state index is 13.5. The summed E-state index contributed by atoms with van der Waals surface area (Å²) in [5.41, 5.74) is 0.488. The molecule has 0 unspecified atom stereocenters. The van der Waals surface area contributed by atoms with E-state index < -0.39 is 59.3 Å². The largest absolute Gasteiger partial charge is 0.569 e. The molecule has 0 spiro atoms. The number of halogens is 3. The first-order valence-electron chi connectivity index (χ1n) is 13.2. The molecule has 0 aliphatic rings. The van der Waals surface area contributed by atoms with Crippen molar-refractivity contribution in [1.82, 2.24) is 19.5 Å². The SMILES string of the molecule is Cc1ccc(-c2cc(C(F)(F)F)nn2-c2ccc(S(=O)(=O)NC(=O)OC[C@H](C)N(C)/[N+]([O-])=N/OCOC(=O)C(C)C)cc2)cc1. The number of nitrogens with one attached hydrogen (secondary N) is 1. The number of aromatic nitrogens is 2. The van der Waals surface area contributed by atoms with Gasteiger partial charge in [0, 0.05) is 5.56 Å². The van der Waals surface area contributed by atoms with Gasteiger partial charge in [-0.1, -0.05) is 43.7 Å². The van der Waals surface area contributed by atoms with Crippen LogP contribution in [0, 0.1) is 18.0 Å². The summed E-state index contributed by atoms with van der Waals surface area (Å²) >= 11 is 0. The maximum Gasteiger partial charge on any atom is 0.435 e. The molecule has 18 heteroatoms. The Labute approximate surface area is 256 Å². The van der Waals surface area contributed by atoms with Gasteiger partial charge in [0.15, 0.2) is 5.69 Å². The van der Waals surface area contributed by atoms with Gasteiger partial charge < -0.3 is 19.5 Å². The molecule has 0 aliphatic heterocycles. The number of esters is 1. The molecule has 0 radical (unpaired) electrons. The van der Waals surface area contributed by atoms with E-state index in [4.69, 9.17) is 9.47 Å². The quantitative estimate of drug-likeness (QED) is 0.0728. The van der Waals surface area contributed by atoms with Crippen LogP contribution >= 0.6 is 0 Å². The van der Waals surface area contributed by atoms with Crippen molar-refractivity contribution in [2.45, 2.75) is 44.8 Å². The standard InChI is InChI=1S/C27H31F3N6O8S/c1-17(2)25(37)43-16-44-33-36(39)34(5)19(4)15-42-26(38)32-45(40,41)22-12-10-21(11-13-22)35-23(14-24(31-35)27(28,29)30)20-8-6-18(3)7-9-20/h6-14,17,19H,15-16H2,1-5H3,(H,32,38)/b36-33-/t19-/m0/s1. The lowest BCUT2D eigenvalue weighted by Gasteiger charge is -2.20. The number of ether oxygens (including phenoxy) is 2. The predicted molar refractivity (Wildman–Crippen MR) is 151 cm³/mol. The molecule has 0 saturated heterocycles. The van der Waals surface area contributed by atoms with Crippen molar-refractivity contribution in [1.29, 1.82) is 0 Å². The van der Waals surface area contributed by atoms with Crippen molar-refractivity contribution < 1.29 is 50.5 Å². The summed E-state index contributed by atoms with van der Waals surface area (Å²) in [7, 11) is -3.17. The molecule has 45 heavy (non-hydrogen) atoms. The number of alkyl halides is 3. The number of amides is 1. The molecule has 1 N–H and O–H groups in total. The van der Waals surface area contributed by atoms with Gasteiger partial charge in [0.2, 0.25) is 5.28 Å². The second-order valence-corrected chi connectivity index (χ2v) is 11.7. The van der Waals surface area contributed by atoms with Gasteiger partial charge in [-0.2, -0.15) is 18.3 Å². The van der Waals surface area contributed by atoms with Crippen molar-refractivity contribution in [3.63, 3.8) is 0 Å². The molecular formula is C27H31F3N6O8S. The Morgan fingerprint density at radius 2 is 1.71 bits per heavy atom. The minimum atomic E-state index is -4.72. The van der Waals surface area contributed by atoms with Crippen molar-refractivity contribution in [3.8, 4) is 16.9 Å². The Bertz CT molecular complexity index is 1630. The topological polar surface area (TPSA) is 167 Å². The van der Waals surface area contributed by atoms with Crippen molar-refractivity contribution in [2.75, 3.05) is 20.4 Å². The van der Waals surface area contributed by atoms with Crippen molar-refractivity contribution in [2.24, 2.45) is 11.2 Å². The van der Waals surface area contributed by atoms with E-state index in [1.54, 1.807) is 42.8 Å². The smallest absolute Gasteiger partial charge is 0.435 e. The highest BCUT2D eigenvalue weighted by molar-refractivity contribution is 7.90. The summed E-state index contributed by atoms with van der Waals surface area (Å²) in [5, 5.41) is 19.8. The molecular weight excluding hydrogens is 625 g/mol. The molecule has 0 saturated carbocycles. The number of sulfonamides is 1. The van der Waals surface area contributed by atoms with E-state index in [9.17, 15) is 36.4 Å². The summed E-state index contributed by atoms with van der Waals surface area (Å²) in [6.45, 7) is 5.46. The zero-order chi connectivity index (χ0) is 33.5. The highest BCUT2D eigenvalue weighted by Crippen LogP contribution is 2.33. The van der Waals surface area contributed by atoms with Crippen LogP contribution in [0.5, 0.6) is 0 Å². The van der Waals surface area contributed by atoms with E-state index in [1.807, 2.05) is 6.92 Å². The lowest BCUT2D eigenvalue weighted by molar-refractivity contribution is -0.713. The fourth-order valence-corrected chi connectivity index (χ4v) is 4.36. The second-order valence-electron chi connectivity index (χ2n) is 10.0. The molecule has 14 nitrogen and oxygen atoms in total. The molecule has 244 valence electrons. The number of rotatable bonds is 12. The third-order valence-electron chi connectivity index (χ3n) is 6.17. The monoisotopic (exact) mass is 656 g/mol. The van der Waals surface area contributed by atoms with Gasteiger partial charge in [0.05, 0.1) is 34.2 Å². The van der Waals surface area contributed by atoms with Gasteiger partial charge in [-0.25, -0.2) is 22.6 Å². The zero-order valence-electron chi connectivity index (χ0n) is 24.8. The van der Waals surface area contributed by atoms with Crippen molar-refractivity contribution >= 4 is 22.1 Å². The molecule has 3 rings (SSSR count). The third-order valence-corrected chi connectivity index (χ3v) is 7.50. The lowest BCUT2D eigenvalue weighted by atomic mass is 10.1. The molecule has 3 aromatic rings. The number of likely N-dealkylation sites (N-methyl/N-ethyl adjacent to an activating group) is 1. The molecule has 0 aliphatic carbocycles. The van der Waals surface area contributed by atoms with Gasteiger partial charge in [0.25, 0.3) is 16.8 Å². The Morgan fingerprint density at radius 1 is 1.09 bits per heavy atom. The van der Waals surface area contributed by atoms with Crippen LogP contribution in [0.1, 0.15) is 32.0 Å². The summed E-state index contributed by atoms with van der Waals surface area (Å²) in [5.74, 6) is -0.958. The van der Waals surface area contributed by atoms with Crippen LogP contribution in [-0.2, 0) is 35.3 Å². The number of carbonyl (C=O) groups excluding carboxylic acids is 2. The minimum Gasteiger partial charge on any atom is -0.569 e. The number of carbonyl (C=O) groups is 2. The van der Waals surface area contributed by atoms with Gasteiger partial charge in [-0.15, -0.1) is 5.01 Å². The number of hydrogen-bond acceptors (Lipinski definition) is 10. The van der Waals surface area contributed by atoms with Crippen LogP contribution in [0.25, 0.3) is 16.9 Å². The van der Waals surface area contributed by atoms with Crippen LogP contribution in [0.2, 0.25) is 0 Å². The van der Waals surface area contributed by atoms with Gasteiger partial charge in [-0.3, -0.25) is 4.79 Å². The van der Waals surface area contributed by atoms with E-state index >= 15 is 0 Å². The summed E-state index contributed by atoms with van der Waals surface area (Å²) < 4.78 is 78.3. The van der Waals surface area contributed by atoms with Gasteiger partial charge >= 0.3 is 18.2 Å². The van der Waals surface area contributed by atoms with E-state index in [0.717, 1.165) is 33.5 Å². The molecule has 1 heterocycles. The Morgan fingerprint density at radius 3 is 2.29 bits per heavy atom. The number of hydrazine groups is 1. The first-order chi connectivity index (χ1) is 21.0.